The monoisotopic (exact) mass is 310 g/mol. The number of thiazole rings is 1. The van der Waals surface area contributed by atoms with Gasteiger partial charge in [-0.3, -0.25) is 14.9 Å². The Hall–Kier alpha value is -1.47. The first kappa shape index (κ1) is 15.9. The Labute approximate surface area is 129 Å². The fourth-order valence-electron chi connectivity index (χ4n) is 2.39. The van der Waals surface area contributed by atoms with Crippen molar-refractivity contribution < 1.29 is 9.59 Å². The fraction of sp³-hybridized carbons (Fsp3) is 0.643. The lowest BCUT2D eigenvalue weighted by Crippen LogP contribution is -2.47. The van der Waals surface area contributed by atoms with E-state index in [0.29, 0.717) is 5.13 Å². The van der Waals surface area contributed by atoms with Gasteiger partial charge >= 0.3 is 11.8 Å². The number of rotatable bonds is 2. The van der Waals surface area contributed by atoms with Crippen LogP contribution in [0.5, 0.6) is 0 Å². The van der Waals surface area contributed by atoms with Gasteiger partial charge in [-0.05, 0) is 46.8 Å². The zero-order valence-corrected chi connectivity index (χ0v) is 13.8. The number of amides is 2. The molecule has 0 aliphatic carbocycles. The lowest BCUT2D eigenvalue weighted by Gasteiger charge is -2.34. The smallest absolute Gasteiger partial charge is 0.315 e. The summed E-state index contributed by atoms with van der Waals surface area (Å²) in [5.74, 6) is -1.10. The molecule has 0 atom stereocenters. The van der Waals surface area contributed by atoms with Crippen LogP contribution in [0.25, 0.3) is 0 Å². The van der Waals surface area contributed by atoms with Gasteiger partial charge in [-0.25, -0.2) is 4.98 Å². The van der Waals surface area contributed by atoms with E-state index in [2.05, 4.69) is 22.2 Å². The minimum absolute atomic E-state index is 0.138. The number of nitrogens with zero attached hydrogens (tertiary/aromatic N) is 3. The molecule has 116 valence electrons. The highest BCUT2D eigenvalue weighted by atomic mass is 32.1. The van der Waals surface area contributed by atoms with Gasteiger partial charge in [0.2, 0.25) is 0 Å². The van der Waals surface area contributed by atoms with Gasteiger partial charge in [-0.15, -0.1) is 11.3 Å². The predicted molar refractivity (Wildman–Crippen MR) is 83.5 cm³/mol. The van der Waals surface area contributed by atoms with Crippen molar-refractivity contribution in [1.29, 1.82) is 0 Å². The average Bonchev–Trinajstić information content (AvgIpc) is 2.76. The summed E-state index contributed by atoms with van der Waals surface area (Å²) in [6.07, 6.45) is 1.81. The molecule has 2 amide bonds. The molecule has 2 rings (SSSR count). The lowest BCUT2D eigenvalue weighted by molar-refractivity contribution is -0.144. The van der Waals surface area contributed by atoms with Crippen LogP contribution in [-0.2, 0) is 9.59 Å². The molecule has 1 aromatic rings. The number of piperidine rings is 1. The molecular weight excluding hydrogens is 288 g/mol. The summed E-state index contributed by atoms with van der Waals surface area (Å²) in [6.45, 7) is 5.73. The third kappa shape index (κ3) is 3.79. The van der Waals surface area contributed by atoms with E-state index in [1.54, 1.807) is 11.9 Å². The number of likely N-dealkylation sites (N-methyl/N-ethyl adjacent to an activating group) is 1. The lowest BCUT2D eigenvalue weighted by atomic mass is 10.0. The van der Waals surface area contributed by atoms with Crippen LogP contribution in [0.1, 0.15) is 23.4 Å². The first-order valence-corrected chi connectivity index (χ1v) is 7.91. The van der Waals surface area contributed by atoms with E-state index in [4.69, 9.17) is 0 Å². The second-order valence-corrected chi connectivity index (χ2v) is 6.77. The number of carbonyl (C=O) groups is 2. The molecule has 1 aliphatic rings. The zero-order valence-electron chi connectivity index (χ0n) is 13.0. The van der Waals surface area contributed by atoms with Crippen molar-refractivity contribution in [2.45, 2.75) is 32.7 Å². The van der Waals surface area contributed by atoms with Gasteiger partial charge in [0.15, 0.2) is 5.13 Å². The van der Waals surface area contributed by atoms with Gasteiger partial charge in [0, 0.05) is 18.0 Å². The van der Waals surface area contributed by atoms with E-state index in [9.17, 15) is 9.59 Å². The highest BCUT2D eigenvalue weighted by molar-refractivity contribution is 7.15. The van der Waals surface area contributed by atoms with Crippen molar-refractivity contribution in [2.75, 3.05) is 32.5 Å². The summed E-state index contributed by atoms with van der Waals surface area (Å²) in [4.78, 5) is 33.3. The van der Waals surface area contributed by atoms with Crippen LogP contribution in [-0.4, -0.2) is 59.8 Å². The Morgan fingerprint density at radius 3 is 2.48 bits per heavy atom. The van der Waals surface area contributed by atoms with Crippen molar-refractivity contribution in [3.63, 3.8) is 0 Å². The van der Waals surface area contributed by atoms with Crippen LogP contribution in [0.15, 0.2) is 0 Å². The molecule has 0 unspecified atom stereocenters. The van der Waals surface area contributed by atoms with Crippen LogP contribution < -0.4 is 5.32 Å². The van der Waals surface area contributed by atoms with Crippen LogP contribution in [0, 0.1) is 13.8 Å². The molecular formula is C14H22N4O2S. The number of aryl methyl sites for hydroxylation is 2. The Kier molecular flexibility index (Phi) is 4.95. The Bertz CT molecular complexity index is 516. The molecule has 21 heavy (non-hydrogen) atoms. The molecule has 1 N–H and O–H groups in total. The van der Waals surface area contributed by atoms with E-state index >= 15 is 0 Å². The Morgan fingerprint density at radius 2 is 1.95 bits per heavy atom. The van der Waals surface area contributed by atoms with Crippen LogP contribution in [0.4, 0.5) is 5.13 Å². The second kappa shape index (κ2) is 6.53. The summed E-state index contributed by atoms with van der Waals surface area (Å²) in [5.41, 5.74) is 0.881. The number of aromatic nitrogens is 1. The predicted octanol–water partition coefficient (Wildman–Crippen LogP) is 1.25. The van der Waals surface area contributed by atoms with Crippen molar-refractivity contribution in [3.05, 3.63) is 10.6 Å². The molecule has 1 aromatic heterocycles. The highest BCUT2D eigenvalue weighted by Gasteiger charge is 2.28. The summed E-state index contributed by atoms with van der Waals surface area (Å²) >= 11 is 1.39. The van der Waals surface area contributed by atoms with Crippen molar-refractivity contribution in [1.82, 2.24) is 14.8 Å². The molecule has 0 radical (unpaired) electrons. The summed E-state index contributed by atoms with van der Waals surface area (Å²) in [6, 6.07) is 0.138. The summed E-state index contributed by atoms with van der Waals surface area (Å²) in [7, 11) is 3.77. The van der Waals surface area contributed by atoms with Gasteiger partial charge in [0.25, 0.3) is 0 Å². The fourth-order valence-corrected chi connectivity index (χ4v) is 3.19. The number of nitrogens with one attached hydrogen (secondary N) is 1. The maximum atomic E-state index is 12.2. The summed E-state index contributed by atoms with van der Waals surface area (Å²) < 4.78 is 0. The van der Waals surface area contributed by atoms with Crippen molar-refractivity contribution >= 4 is 28.3 Å². The maximum absolute atomic E-state index is 12.2. The van der Waals surface area contributed by atoms with Gasteiger partial charge in [-0.1, -0.05) is 0 Å². The minimum atomic E-state index is -0.606. The quantitative estimate of drug-likeness (QED) is 0.835. The van der Waals surface area contributed by atoms with Crippen LogP contribution in [0.2, 0.25) is 0 Å². The Balaban J connectivity index is 1.93. The van der Waals surface area contributed by atoms with E-state index in [-0.39, 0.29) is 6.04 Å². The topological polar surface area (TPSA) is 65.5 Å². The van der Waals surface area contributed by atoms with Crippen molar-refractivity contribution in [2.24, 2.45) is 0 Å². The van der Waals surface area contributed by atoms with E-state index in [1.165, 1.54) is 11.3 Å². The maximum Gasteiger partial charge on any atom is 0.315 e. The highest BCUT2D eigenvalue weighted by Crippen LogP contribution is 2.21. The normalized spacial score (nSPS) is 16.8. The Morgan fingerprint density at radius 1 is 1.33 bits per heavy atom. The first-order chi connectivity index (χ1) is 9.88. The first-order valence-electron chi connectivity index (χ1n) is 7.09. The number of hydrogen-bond donors (Lipinski definition) is 1. The molecule has 6 nitrogen and oxygen atoms in total. The molecule has 0 aromatic carbocycles. The minimum Gasteiger partial charge on any atom is -0.334 e. The molecule has 2 heterocycles. The van der Waals surface area contributed by atoms with Gasteiger partial charge in [0.1, 0.15) is 0 Å². The molecule has 1 aliphatic heterocycles. The number of anilines is 1. The van der Waals surface area contributed by atoms with E-state index in [0.717, 1.165) is 36.5 Å². The van der Waals surface area contributed by atoms with E-state index < -0.39 is 11.8 Å². The molecule has 1 fully saturated rings. The second-order valence-electron chi connectivity index (χ2n) is 5.57. The molecule has 7 heteroatoms. The number of carbonyl (C=O) groups excluding carboxylic acids is 2. The third-order valence-electron chi connectivity index (χ3n) is 4.00. The van der Waals surface area contributed by atoms with Gasteiger partial charge in [0.05, 0.1) is 5.69 Å². The number of hydrogen-bond acceptors (Lipinski definition) is 5. The van der Waals surface area contributed by atoms with E-state index in [1.807, 2.05) is 13.8 Å². The third-order valence-corrected chi connectivity index (χ3v) is 4.99. The zero-order chi connectivity index (χ0) is 15.6. The van der Waals surface area contributed by atoms with Gasteiger partial charge in [-0.2, -0.15) is 0 Å². The molecule has 0 bridgehead atoms. The van der Waals surface area contributed by atoms with Crippen LogP contribution >= 0.6 is 11.3 Å². The molecule has 0 saturated carbocycles. The SMILES string of the molecule is Cc1nc(NC(=O)C(=O)N(C)C2CCN(C)CC2)sc1C. The van der Waals surface area contributed by atoms with Crippen molar-refractivity contribution in [3.8, 4) is 0 Å². The standard InChI is InChI=1S/C14H22N4O2S/c1-9-10(2)21-14(15-9)16-12(19)13(20)18(4)11-5-7-17(3)8-6-11/h11H,5-8H2,1-4H3,(H,15,16,19). The molecule has 0 spiro atoms. The van der Waals surface area contributed by atoms with Crippen LogP contribution in [0.3, 0.4) is 0 Å². The number of likely N-dealkylation sites (tertiary alicyclic amines) is 1. The van der Waals surface area contributed by atoms with Gasteiger partial charge < -0.3 is 9.80 Å². The average molecular weight is 310 g/mol. The summed E-state index contributed by atoms with van der Waals surface area (Å²) in [5, 5.41) is 3.09. The molecule has 1 saturated heterocycles. The largest absolute Gasteiger partial charge is 0.334 e.